The van der Waals surface area contributed by atoms with Crippen molar-refractivity contribution in [3.05, 3.63) is 28.8 Å². The monoisotopic (exact) mass is 278 g/mol. The zero-order chi connectivity index (χ0) is 14.9. The van der Waals surface area contributed by atoms with Crippen LogP contribution >= 0.6 is 0 Å². The molecule has 0 amide bonds. The Morgan fingerprint density at radius 1 is 1.45 bits per heavy atom. The van der Waals surface area contributed by atoms with E-state index in [1.165, 1.54) is 6.07 Å². The van der Waals surface area contributed by atoms with Crippen LogP contribution in [0.25, 0.3) is 10.9 Å². The lowest BCUT2D eigenvalue weighted by atomic mass is 10.2. The minimum atomic E-state index is -0.429. The molecule has 7 nitrogen and oxygen atoms in total. The number of fused-ring (bicyclic) bond motifs is 1. The Morgan fingerprint density at radius 3 is 2.70 bits per heavy atom. The summed E-state index contributed by atoms with van der Waals surface area (Å²) in [6.07, 6.45) is 0. The zero-order valence-corrected chi connectivity index (χ0v) is 11.5. The number of rotatable bonds is 4. The number of aryl methyl sites for hydroxylation is 1. The smallest absolute Gasteiger partial charge is 0.354 e. The molecule has 0 saturated carbocycles. The van der Waals surface area contributed by atoms with E-state index < -0.39 is 5.97 Å². The van der Waals surface area contributed by atoms with Gasteiger partial charge in [0.1, 0.15) is 11.4 Å². The highest BCUT2D eigenvalue weighted by atomic mass is 16.6. The summed E-state index contributed by atoms with van der Waals surface area (Å²) in [6, 6.07) is 4.82. The van der Waals surface area contributed by atoms with E-state index in [1.807, 2.05) is 0 Å². The third kappa shape index (κ3) is 2.18. The molecule has 0 unspecified atom stereocenters. The van der Waals surface area contributed by atoms with Gasteiger partial charge in [0.15, 0.2) is 0 Å². The zero-order valence-electron chi connectivity index (χ0n) is 11.5. The van der Waals surface area contributed by atoms with E-state index in [0.717, 1.165) is 5.52 Å². The SMILES string of the molecule is CCOC(=O)c1cc2cc([N+](=O)O)c(NC)cc2n1C. The van der Waals surface area contributed by atoms with Crippen molar-refractivity contribution in [3.8, 4) is 0 Å². The summed E-state index contributed by atoms with van der Waals surface area (Å²) < 4.78 is 6.66. The van der Waals surface area contributed by atoms with Crippen molar-refractivity contribution in [2.24, 2.45) is 7.05 Å². The molecule has 0 fully saturated rings. The quantitative estimate of drug-likeness (QED) is 0.661. The third-order valence-electron chi connectivity index (χ3n) is 3.12. The van der Waals surface area contributed by atoms with E-state index in [2.05, 4.69) is 5.32 Å². The molecule has 0 aliphatic heterocycles. The number of nitrogens with zero attached hydrogens (tertiary/aromatic N) is 2. The largest absolute Gasteiger partial charge is 0.461 e. The molecule has 20 heavy (non-hydrogen) atoms. The average Bonchev–Trinajstić information content (AvgIpc) is 2.74. The van der Waals surface area contributed by atoms with Crippen molar-refractivity contribution in [1.29, 1.82) is 0 Å². The van der Waals surface area contributed by atoms with Crippen molar-refractivity contribution in [3.63, 3.8) is 0 Å². The van der Waals surface area contributed by atoms with Gasteiger partial charge in [-0.25, -0.2) is 10.0 Å². The molecule has 0 atom stereocenters. The summed E-state index contributed by atoms with van der Waals surface area (Å²) in [4.78, 5) is 22.8. The average molecular weight is 278 g/mol. The van der Waals surface area contributed by atoms with Crippen molar-refractivity contribution in [1.82, 2.24) is 4.57 Å². The second kappa shape index (κ2) is 5.20. The van der Waals surface area contributed by atoms with Gasteiger partial charge in [-0.05, 0) is 19.1 Å². The van der Waals surface area contributed by atoms with Gasteiger partial charge in [0.25, 0.3) is 4.92 Å². The Bertz CT molecular complexity index is 690. The van der Waals surface area contributed by atoms with Gasteiger partial charge >= 0.3 is 11.7 Å². The summed E-state index contributed by atoms with van der Waals surface area (Å²) >= 11 is 0. The van der Waals surface area contributed by atoms with Crippen LogP contribution in [0.3, 0.4) is 0 Å². The first-order chi connectivity index (χ1) is 9.49. The highest BCUT2D eigenvalue weighted by molar-refractivity contribution is 5.98. The number of hydrogen-bond donors (Lipinski definition) is 2. The Labute approximate surface area is 115 Å². The van der Waals surface area contributed by atoms with Crippen LogP contribution in [-0.2, 0) is 11.8 Å². The normalized spacial score (nSPS) is 10.6. The Hall–Kier alpha value is -2.57. The second-order valence-corrected chi connectivity index (χ2v) is 4.26. The fraction of sp³-hybridized carbons (Fsp3) is 0.308. The minimum absolute atomic E-state index is 0.0843. The van der Waals surface area contributed by atoms with E-state index in [-0.39, 0.29) is 10.6 Å². The fourth-order valence-corrected chi connectivity index (χ4v) is 2.13. The van der Waals surface area contributed by atoms with E-state index >= 15 is 0 Å². The summed E-state index contributed by atoms with van der Waals surface area (Å²) in [7, 11) is 3.38. The molecular weight excluding hydrogens is 262 g/mol. The maximum absolute atomic E-state index is 11.8. The Kier molecular flexibility index (Phi) is 3.60. The summed E-state index contributed by atoms with van der Waals surface area (Å²) in [5, 5.41) is 12.6. The molecule has 2 N–H and O–H groups in total. The Balaban J connectivity index is 2.65. The molecule has 7 heteroatoms. The molecule has 106 valence electrons. The van der Waals surface area contributed by atoms with E-state index in [1.54, 1.807) is 37.7 Å². The molecular formula is C13H16N3O4+. The number of carbonyl (C=O) groups is 1. The van der Waals surface area contributed by atoms with E-state index in [9.17, 15) is 9.70 Å². The lowest BCUT2D eigenvalue weighted by molar-refractivity contribution is -0.729. The maximum atomic E-state index is 11.8. The first-order valence-corrected chi connectivity index (χ1v) is 6.14. The highest BCUT2D eigenvalue weighted by Gasteiger charge is 2.22. The number of carbonyl (C=O) groups excluding carboxylic acids is 1. The van der Waals surface area contributed by atoms with Gasteiger partial charge in [-0.1, -0.05) is 0 Å². The Morgan fingerprint density at radius 2 is 2.15 bits per heavy atom. The lowest BCUT2D eigenvalue weighted by Gasteiger charge is -2.04. The molecule has 0 aliphatic carbocycles. The number of ether oxygens (including phenoxy) is 1. The molecule has 1 aromatic heterocycles. The molecule has 0 spiro atoms. The molecule has 1 aromatic carbocycles. The predicted octanol–water partition coefficient (Wildman–Crippen LogP) is 2.20. The number of hydrogen-bond acceptors (Lipinski definition) is 4. The summed E-state index contributed by atoms with van der Waals surface area (Å²) in [5.74, 6) is -0.429. The minimum Gasteiger partial charge on any atom is -0.461 e. The second-order valence-electron chi connectivity index (χ2n) is 4.26. The maximum Gasteiger partial charge on any atom is 0.354 e. The standard InChI is InChI=1S/C13H15N3O4/c1-4-20-13(17)12-6-8-5-11(16(18)19)9(14-2)7-10(8)15(12)3/h5-7H,4H2,1-3H3,(H-,14,17,18,19)/p+1. The molecule has 1 heterocycles. The number of esters is 1. The van der Waals surface area contributed by atoms with Gasteiger partial charge in [0.05, 0.1) is 17.0 Å². The van der Waals surface area contributed by atoms with E-state index in [4.69, 9.17) is 9.94 Å². The van der Waals surface area contributed by atoms with Crippen LogP contribution in [-0.4, -0.2) is 34.3 Å². The van der Waals surface area contributed by atoms with Gasteiger partial charge in [-0.3, -0.25) is 0 Å². The molecule has 0 saturated heterocycles. The summed E-state index contributed by atoms with van der Waals surface area (Å²) in [5.41, 5.74) is 1.69. The van der Waals surface area contributed by atoms with Crippen LogP contribution in [0.5, 0.6) is 0 Å². The fourth-order valence-electron chi connectivity index (χ4n) is 2.13. The van der Waals surface area contributed by atoms with Crippen molar-refractivity contribution < 1.29 is 19.7 Å². The lowest BCUT2D eigenvalue weighted by Crippen LogP contribution is -2.09. The molecule has 0 bridgehead atoms. The predicted molar refractivity (Wildman–Crippen MR) is 73.5 cm³/mol. The first kappa shape index (κ1) is 13.9. The van der Waals surface area contributed by atoms with Crippen LogP contribution in [0.15, 0.2) is 18.2 Å². The van der Waals surface area contributed by atoms with E-state index in [0.29, 0.717) is 23.4 Å². The molecule has 0 radical (unpaired) electrons. The highest BCUT2D eigenvalue weighted by Crippen LogP contribution is 2.31. The van der Waals surface area contributed by atoms with Crippen LogP contribution in [0.4, 0.5) is 11.4 Å². The topological polar surface area (TPSA) is 83.6 Å². The number of anilines is 1. The summed E-state index contributed by atoms with van der Waals surface area (Å²) in [6.45, 7) is 2.02. The third-order valence-corrected chi connectivity index (χ3v) is 3.12. The number of nitrogens with one attached hydrogen (secondary N) is 1. The van der Waals surface area contributed by atoms with Gasteiger partial charge < -0.3 is 14.6 Å². The van der Waals surface area contributed by atoms with Gasteiger partial charge in [-0.15, -0.1) is 0 Å². The van der Waals surface area contributed by atoms with Crippen molar-refractivity contribution in [2.45, 2.75) is 6.92 Å². The van der Waals surface area contributed by atoms with Crippen LogP contribution < -0.4 is 5.32 Å². The van der Waals surface area contributed by atoms with Gasteiger partial charge in [-0.2, -0.15) is 0 Å². The van der Waals surface area contributed by atoms with Gasteiger partial charge in [0, 0.05) is 25.5 Å². The van der Waals surface area contributed by atoms with Crippen LogP contribution in [0.2, 0.25) is 0 Å². The van der Waals surface area contributed by atoms with Crippen molar-refractivity contribution >= 4 is 28.2 Å². The molecule has 2 aromatic rings. The van der Waals surface area contributed by atoms with Crippen LogP contribution in [0, 0.1) is 4.91 Å². The van der Waals surface area contributed by atoms with Gasteiger partial charge in [0.2, 0.25) is 0 Å². The first-order valence-electron chi connectivity index (χ1n) is 6.14. The van der Waals surface area contributed by atoms with Crippen LogP contribution in [0.1, 0.15) is 17.4 Å². The number of aromatic nitrogens is 1. The molecule has 0 aliphatic rings. The number of benzene rings is 1. The molecule has 2 rings (SSSR count). The van der Waals surface area contributed by atoms with Crippen molar-refractivity contribution in [2.75, 3.05) is 19.0 Å².